The molecule has 39 heavy (non-hydrogen) atoms. The van der Waals surface area contributed by atoms with Gasteiger partial charge in [-0.15, -0.1) is 0 Å². The Kier molecular flexibility index (Phi) is 9.73. The van der Waals surface area contributed by atoms with Crippen LogP contribution >= 0.6 is 0 Å². The van der Waals surface area contributed by atoms with E-state index in [0.717, 1.165) is 42.3 Å². The molecule has 2 aromatic carbocycles. The third kappa shape index (κ3) is 7.59. The number of benzene rings is 2. The molecule has 0 heterocycles. The number of hydrogen-bond acceptors (Lipinski definition) is 8. The number of non-ortho nitro benzene ring substituents is 1. The maximum atomic E-state index is 13.7. The van der Waals surface area contributed by atoms with Gasteiger partial charge in [-0.2, -0.15) is 0 Å². The van der Waals surface area contributed by atoms with Gasteiger partial charge in [0.1, 0.15) is 29.8 Å². The van der Waals surface area contributed by atoms with Crippen LogP contribution in [0.4, 0.5) is 11.4 Å². The lowest BCUT2D eigenvalue weighted by Crippen LogP contribution is -2.52. The number of carbonyl (C=O) groups is 2. The van der Waals surface area contributed by atoms with E-state index < -0.39 is 33.4 Å². The second kappa shape index (κ2) is 12.8. The molecule has 212 valence electrons. The monoisotopic (exact) mass is 562 g/mol. The number of nitro benzene ring substituents is 1. The number of nitrogens with one attached hydrogen (secondary N) is 1. The van der Waals surface area contributed by atoms with E-state index in [-0.39, 0.29) is 35.6 Å². The van der Waals surface area contributed by atoms with Crippen LogP contribution in [0.1, 0.15) is 38.2 Å². The predicted octanol–water partition coefficient (Wildman–Crippen LogP) is 2.85. The highest BCUT2D eigenvalue weighted by Crippen LogP contribution is 2.34. The molecule has 2 aromatic rings. The van der Waals surface area contributed by atoms with Gasteiger partial charge in [0.15, 0.2) is 0 Å². The summed E-state index contributed by atoms with van der Waals surface area (Å²) in [6.07, 6.45) is 4.64. The first-order valence-electron chi connectivity index (χ1n) is 12.5. The first-order chi connectivity index (χ1) is 18.4. The van der Waals surface area contributed by atoms with E-state index in [1.807, 2.05) is 0 Å². The minimum atomic E-state index is -4.10. The molecule has 1 unspecified atom stereocenters. The molecule has 0 bridgehead atoms. The van der Waals surface area contributed by atoms with Crippen LogP contribution in [0.2, 0.25) is 0 Å². The average Bonchev–Trinajstić information content (AvgIpc) is 3.42. The zero-order valence-corrected chi connectivity index (χ0v) is 23.3. The first-order valence-corrected chi connectivity index (χ1v) is 14.3. The van der Waals surface area contributed by atoms with Gasteiger partial charge in [-0.05, 0) is 43.5 Å². The van der Waals surface area contributed by atoms with Crippen molar-refractivity contribution in [2.75, 3.05) is 31.3 Å². The Morgan fingerprint density at radius 2 is 1.74 bits per heavy atom. The number of nitrogens with zero attached hydrogens (tertiary/aromatic N) is 3. The highest BCUT2D eigenvalue weighted by Gasteiger charge is 2.33. The van der Waals surface area contributed by atoms with Crippen LogP contribution < -0.4 is 19.1 Å². The van der Waals surface area contributed by atoms with Gasteiger partial charge in [0.2, 0.25) is 21.8 Å². The Balaban J connectivity index is 1.96. The Morgan fingerprint density at radius 3 is 2.28 bits per heavy atom. The lowest BCUT2D eigenvalue weighted by atomic mass is 10.1. The van der Waals surface area contributed by atoms with Gasteiger partial charge in [-0.3, -0.25) is 24.0 Å². The van der Waals surface area contributed by atoms with Crippen LogP contribution in [0.5, 0.6) is 11.5 Å². The van der Waals surface area contributed by atoms with Crippen molar-refractivity contribution in [3.8, 4) is 11.5 Å². The third-order valence-electron chi connectivity index (χ3n) is 6.70. The SMILES string of the molecule is COc1ccc(CN(C(=O)CN(c2cc([N+](=O)[O-])ccc2OC)S(C)(=O)=O)C(C)C(=O)NC2CCCC2)cc1. The second-order valence-electron chi connectivity index (χ2n) is 9.42. The summed E-state index contributed by atoms with van der Waals surface area (Å²) in [5.74, 6) is -0.362. The molecule has 1 aliphatic rings. The Labute approximate surface area is 228 Å². The quantitative estimate of drug-likeness (QED) is 0.307. The van der Waals surface area contributed by atoms with Crippen molar-refractivity contribution in [1.29, 1.82) is 0 Å². The molecular weight excluding hydrogens is 528 g/mol. The minimum Gasteiger partial charge on any atom is -0.497 e. The van der Waals surface area contributed by atoms with Crippen LogP contribution in [0, 0.1) is 10.1 Å². The number of methoxy groups -OCH3 is 2. The van der Waals surface area contributed by atoms with Gasteiger partial charge in [0.05, 0.1) is 25.4 Å². The van der Waals surface area contributed by atoms with E-state index in [1.54, 1.807) is 31.2 Å². The molecule has 1 N–H and O–H groups in total. The van der Waals surface area contributed by atoms with E-state index in [2.05, 4.69) is 5.32 Å². The van der Waals surface area contributed by atoms with E-state index in [1.165, 1.54) is 31.3 Å². The summed E-state index contributed by atoms with van der Waals surface area (Å²) in [5, 5.41) is 14.4. The maximum absolute atomic E-state index is 13.7. The molecule has 0 spiro atoms. The van der Waals surface area contributed by atoms with Crippen molar-refractivity contribution in [3.05, 3.63) is 58.1 Å². The van der Waals surface area contributed by atoms with E-state index in [9.17, 15) is 28.1 Å². The van der Waals surface area contributed by atoms with E-state index >= 15 is 0 Å². The number of anilines is 1. The third-order valence-corrected chi connectivity index (χ3v) is 7.83. The van der Waals surface area contributed by atoms with Gasteiger partial charge in [-0.25, -0.2) is 8.42 Å². The summed E-state index contributed by atoms with van der Waals surface area (Å²) >= 11 is 0. The fraction of sp³-hybridized carbons (Fsp3) is 0.462. The molecule has 0 radical (unpaired) electrons. The standard InChI is InChI=1S/C26H34N4O8S/c1-18(26(32)27-20-7-5-6-8-20)28(16-19-9-12-22(37-2)13-10-19)25(31)17-29(39(4,35)36)23-15-21(30(33)34)11-14-24(23)38-3/h9-15,18,20H,5-8,16-17H2,1-4H3,(H,27,32). The molecule has 1 aliphatic carbocycles. The summed E-state index contributed by atoms with van der Waals surface area (Å²) in [4.78, 5) is 38.9. The summed E-state index contributed by atoms with van der Waals surface area (Å²) in [6, 6.07) is 9.52. The van der Waals surface area contributed by atoms with E-state index in [4.69, 9.17) is 9.47 Å². The summed E-state index contributed by atoms with van der Waals surface area (Å²) in [5.41, 5.74) is 0.171. The van der Waals surface area contributed by atoms with Gasteiger partial charge in [-0.1, -0.05) is 25.0 Å². The molecule has 0 saturated heterocycles. The van der Waals surface area contributed by atoms with Gasteiger partial charge < -0.3 is 19.7 Å². The smallest absolute Gasteiger partial charge is 0.271 e. The molecule has 1 fully saturated rings. The molecular formula is C26H34N4O8S. The molecule has 1 atom stereocenters. The molecule has 1 saturated carbocycles. The number of hydrogen-bond donors (Lipinski definition) is 1. The van der Waals surface area contributed by atoms with Gasteiger partial charge in [0.25, 0.3) is 5.69 Å². The van der Waals surface area contributed by atoms with Crippen LogP contribution in [0.25, 0.3) is 0 Å². The zero-order chi connectivity index (χ0) is 28.7. The van der Waals surface area contributed by atoms with Crippen molar-refractivity contribution < 1.29 is 32.4 Å². The van der Waals surface area contributed by atoms with Crippen molar-refractivity contribution in [2.45, 2.75) is 51.2 Å². The molecule has 2 amide bonds. The molecule has 12 nitrogen and oxygen atoms in total. The predicted molar refractivity (Wildman–Crippen MR) is 145 cm³/mol. The van der Waals surface area contributed by atoms with Crippen molar-refractivity contribution in [3.63, 3.8) is 0 Å². The number of ether oxygens (including phenoxy) is 2. The largest absolute Gasteiger partial charge is 0.497 e. The number of nitro groups is 1. The molecule has 3 rings (SSSR count). The maximum Gasteiger partial charge on any atom is 0.271 e. The lowest BCUT2D eigenvalue weighted by molar-refractivity contribution is -0.384. The summed E-state index contributed by atoms with van der Waals surface area (Å²) in [7, 11) is -1.28. The molecule has 0 aliphatic heterocycles. The highest BCUT2D eigenvalue weighted by atomic mass is 32.2. The van der Waals surface area contributed by atoms with Gasteiger partial charge in [0, 0.05) is 24.7 Å². The number of amides is 2. The number of carbonyl (C=O) groups excluding carboxylic acids is 2. The first kappa shape index (κ1) is 29.7. The van der Waals surface area contributed by atoms with Crippen LogP contribution in [0.3, 0.4) is 0 Å². The van der Waals surface area contributed by atoms with Crippen molar-refractivity contribution in [1.82, 2.24) is 10.2 Å². The Hall–Kier alpha value is -3.87. The van der Waals surface area contributed by atoms with E-state index in [0.29, 0.717) is 11.3 Å². The fourth-order valence-electron chi connectivity index (χ4n) is 4.48. The van der Waals surface area contributed by atoms with Crippen molar-refractivity contribution >= 4 is 33.2 Å². The highest BCUT2D eigenvalue weighted by molar-refractivity contribution is 7.92. The Bertz CT molecular complexity index is 1290. The lowest BCUT2D eigenvalue weighted by Gasteiger charge is -2.32. The summed E-state index contributed by atoms with van der Waals surface area (Å²) < 4.78 is 36.9. The average molecular weight is 563 g/mol. The topological polar surface area (TPSA) is 148 Å². The normalized spacial score (nSPS) is 14.4. The second-order valence-corrected chi connectivity index (χ2v) is 11.3. The van der Waals surface area contributed by atoms with Crippen LogP contribution in [-0.4, -0.2) is 69.2 Å². The number of sulfonamides is 1. The zero-order valence-electron chi connectivity index (χ0n) is 22.5. The van der Waals surface area contributed by atoms with Gasteiger partial charge >= 0.3 is 0 Å². The number of rotatable bonds is 12. The Morgan fingerprint density at radius 1 is 1.10 bits per heavy atom. The summed E-state index contributed by atoms with van der Waals surface area (Å²) in [6.45, 7) is 0.907. The molecule has 13 heteroatoms. The fourth-order valence-corrected chi connectivity index (χ4v) is 5.33. The van der Waals surface area contributed by atoms with Crippen molar-refractivity contribution in [2.24, 2.45) is 0 Å². The molecule has 0 aromatic heterocycles. The minimum absolute atomic E-state index is 0.0196. The van der Waals surface area contributed by atoms with Crippen LogP contribution in [-0.2, 0) is 26.2 Å². The van der Waals surface area contributed by atoms with Crippen LogP contribution in [0.15, 0.2) is 42.5 Å².